The third-order valence-electron chi connectivity index (χ3n) is 2.86. The summed E-state index contributed by atoms with van der Waals surface area (Å²) >= 11 is 0. The Kier molecular flexibility index (Phi) is 5.25. The average molecular weight is 229 g/mol. The summed E-state index contributed by atoms with van der Waals surface area (Å²) in [6.45, 7) is 4.08. The first-order valence-electron chi connectivity index (χ1n) is 5.73. The lowest BCUT2D eigenvalue weighted by molar-refractivity contribution is -0.146. The van der Waals surface area contributed by atoms with Gasteiger partial charge in [0.15, 0.2) is 0 Å². The van der Waals surface area contributed by atoms with Gasteiger partial charge >= 0.3 is 5.97 Å². The maximum absolute atomic E-state index is 11.6. The summed E-state index contributed by atoms with van der Waals surface area (Å²) in [6.07, 6.45) is 1.52. The molecule has 0 radical (unpaired) electrons. The molecule has 0 aromatic heterocycles. The number of nitrogens with zero attached hydrogens (tertiary/aromatic N) is 1. The number of carboxylic acid groups (broad SMARTS) is 1. The summed E-state index contributed by atoms with van der Waals surface area (Å²) in [5.74, 6) is -0.963. The maximum atomic E-state index is 11.6. The van der Waals surface area contributed by atoms with Crippen LogP contribution in [0.5, 0.6) is 0 Å². The van der Waals surface area contributed by atoms with E-state index < -0.39 is 5.97 Å². The minimum atomic E-state index is -0.749. The summed E-state index contributed by atoms with van der Waals surface area (Å²) in [5, 5.41) is 8.81. The van der Waals surface area contributed by atoms with Crippen molar-refractivity contribution in [2.45, 2.75) is 26.2 Å². The van der Waals surface area contributed by atoms with Crippen molar-refractivity contribution in [1.82, 2.24) is 4.90 Å². The van der Waals surface area contributed by atoms with E-state index in [1.165, 1.54) is 0 Å². The van der Waals surface area contributed by atoms with Crippen LogP contribution >= 0.6 is 0 Å². The third kappa shape index (κ3) is 3.81. The minimum absolute atomic E-state index is 0.0669. The Bertz CT molecular complexity index is 246. The Morgan fingerprint density at radius 3 is 2.50 bits per heavy atom. The first-order chi connectivity index (χ1) is 7.65. The van der Waals surface area contributed by atoms with Gasteiger partial charge in [0, 0.05) is 19.7 Å². The number of piperidine rings is 1. The summed E-state index contributed by atoms with van der Waals surface area (Å²) in [6, 6.07) is 0. The average Bonchev–Trinajstić information content (AvgIpc) is 2.29. The van der Waals surface area contributed by atoms with Gasteiger partial charge < -0.3 is 14.7 Å². The molecule has 1 aliphatic heterocycles. The van der Waals surface area contributed by atoms with Gasteiger partial charge in [-0.15, -0.1) is 0 Å². The molecule has 5 nitrogen and oxygen atoms in total. The van der Waals surface area contributed by atoms with Crippen molar-refractivity contribution < 1.29 is 19.4 Å². The first kappa shape index (κ1) is 13.0. The van der Waals surface area contributed by atoms with Crippen LogP contribution in [0, 0.1) is 5.92 Å². The van der Waals surface area contributed by atoms with E-state index in [0.29, 0.717) is 45.6 Å². The Hall–Kier alpha value is -1.10. The lowest BCUT2D eigenvalue weighted by atomic mass is 9.97. The smallest absolute Gasteiger partial charge is 0.306 e. The van der Waals surface area contributed by atoms with E-state index in [2.05, 4.69) is 0 Å². The fourth-order valence-corrected chi connectivity index (χ4v) is 1.84. The predicted octanol–water partition coefficient (Wildman–Crippen LogP) is 0.736. The topological polar surface area (TPSA) is 66.8 Å². The molecule has 0 aliphatic carbocycles. The second-order valence-corrected chi connectivity index (χ2v) is 3.94. The largest absolute Gasteiger partial charge is 0.481 e. The highest BCUT2D eigenvalue weighted by Crippen LogP contribution is 2.17. The van der Waals surface area contributed by atoms with E-state index in [-0.39, 0.29) is 11.8 Å². The number of hydrogen-bond donors (Lipinski definition) is 1. The number of carboxylic acids is 1. The standard InChI is InChI=1S/C11H19NO4/c1-2-16-8-5-10(13)12-6-3-9(4-7-12)11(14)15/h9H,2-8H2,1H3,(H,14,15). The number of hydrogen-bond acceptors (Lipinski definition) is 3. The van der Waals surface area contributed by atoms with Gasteiger partial charge in [-0.3, -0.25) is 9.59 Å². The van der Waals surface area contributed by atoms with Crippen LogP contribution in [0.25, 0.3) is 0 Å². The fourth-order valence-electron chi connectivity index (χ4n) is 1.84. The van der Waals surface area contributed by atoms with E-state index in [9.17, 15) is 9.59 Å². The van der Waals surface area contributed by atoms with Gasteiger partial charge in [-0.05, 0) is 19.8 Å². The van der Waals surface area contributed by atoms with Gasteiger partial charge in [0.05, 0.1) is 18.9 Å². The molecule has 1 N–H and O–H groups in total. The van der Waals surface area contributed by atoms with Crippen molar-refractivity contribution in [3.05, 3.63) is 0 Å². The van der Waals surface area contributed by atoms with Crippen LogP contribution in [0.4, 0.5) is 0 Å². The summed E-state index contributed by atoms with van der Waals surface area (Å²) < 4.78 is 5.11. The number of rotatable bonds is 5. The molecule has 1 aliphatic rings. The maximum Gasteiger partial charge on any atom is 0.306 e. The number of amides is 1. The highest BCUT2D eigenvalue weighted by Gasteiger charge is 2.26. The highest BCUT2D eigenvalue weighted by atomic mass is 16.5. The number of carbonyl (C=O) groups excluding carboxylic acids is 1. The Morgan fingerprint density at radius 1 is 1.38 bits per heavy atom. The monoisotopic (exact) mass is 229 g/mol. The van der Waals surface area contributed by atoms with Crippen molar-refractivity contribution in [1.29, 1.82) is 0 Å². The predicted molar refractivity (Wildman–Crippen MR) is 58.0 cm³/mol. The zero-order valence-corrected chi connectivity index (χ0v) is 9.65. The van der Waals surface area contributed by atoms with E-state index in [4.69, 9.17) is 9.84 Å². The SMILES string of the molecule is CCOCCC(=O)N1CCC(C(=O)O)CC1. The Labute approximate surface area is 95.4 Å². The summed E-state index contributed by atoms with van der Waals surface area (Å²) in [5.41, 5.74) is 0. The molecule has 1 amide bonds. The molecule has 92 valence electrons. The van der Waals surface area contributed by atoms with Gasteiger partial charge in [-0.2, -0.15) is 0 Å². The van der Waals surface area contributed by atoms with E-state index in [1.54, 1.807) is 4.90 Å². The number of ether oxygens (including phenoxy) is 1. The van der Waals surface area contributed by atoms with Crippen LogP contribution in [0.1, 0.15) is 26.2 Å². The van der Waals surface area contributed by atoms with Crippen LogP contribution in [0.3, 0.4) is 0 Å². The van der Waals surface area contributed by atoms with Gasteiger partial charge in [-0.25, -0.2) is 0 Å². The molecular weight excluding hydrogens is 210 g/mol. The molecule has 0 aromatic carbocycles. The molecule has 1 saturated heterocycles. The van der Waals surface area contributed by atoms with Gasteiger partial charge in [0.2, 0.25) is 5.91 Å². The minimum Gasteiger partial charge on any atom is -0.481 e. The van der Waals surface area contributed by atoms with Gasteiger partial charge in [0.25, 0.3) is 0 Å². The Balaban J connectivity index is 2.25. The van der Waals surface area contributed by atoms with Crippen LogP contribution in [0.2, 0.25) is 0 Å². The second kappa shape index (κ2) is 6.48. The van der Waals surface area contributed by atoms with Crippen molar-refractivity contribution in [3.8, 4) is 0 Å². The molecule has 16 heavy (non-hydrogen) atoms. The number of likely N-dealkylation sites (tertiary alicyclic amines) is 1. The van der Waals surface area contributed by atoms with E-state index >= 15 is 0 Å². The van der Waals surface area contributed by atoms with Crippen LogP contribution in [-0.2, 0) is 14.3 Å². The number of aliphatic carboxylic acids is 1. The van der Waals surface area contributed by atoms with Crippen molar-refractivity contribution in [3.63, 3.8) is 0 Å². The van der Waals surface area contributed by atoms with Gasteiger partial charge in [-0.1, -0.05) is 0 Å². The summed E-state index contributed by atoms with van der Waals surface area (Å²) in [7, 11) is 0. The molecule has 5 heteroatoms. The first-order valence-corrected chi connectivity index (χ1v) is 5.73. The molecule has 0 atom stereocenters. The normalized spacial score (nSPS) is 17.4. The molecule has 0 saturated carbocycles. The van der Waals surface area contributed by atoms with E-state index in [0.717, 1.165) is 0 Å². The van der Waals surface area contributed by atoms with Crippen molar-refractivity contribution in [2.24, 2.45) is 5.92 Å². The van der Waals surface area contributed by atoms with Crippen molar-refractivity contribution >= 4 is 11.9 Å². The molecular formula is C11H19NO4. The van der Waals surface area contributed by atoms with Gasteiger partial charge in [0.1, 0.15) is 0 Å². The summed E-state index contributed by atoms with van der Waals surface area (Å²) in [4.78, 5) is 24.1. The third-order valence-corrected chi connectivity index (χ3v) is 2.86. The lowest BCUT2D eigenvalue weighted by Gasteiger charge is -2.30. The van der Waals surface area contributed by atoms with Crippen LogP contribution in [0.15, 0.2) is 0 Å². The quantitative estimate of drug-likeness (QED) is 0.706. The highest BCUT2D eigenvalue weighted by molar-refractivity contribution is 5.77. The molecule has 0 unspecified atom stereocenters. The molecule has 0 spiro atoms. The number of carbonyl (C=O) groups is 2. The van der Waals surface area contributed by atoms with Crippen molar-refractivity contribution in [2.75, 3.05) is 26.3 Å². The zero-order valence-electron chi connectivity index (χ0n) is 9.65. The molecule has 0 aromatic rings. The van der Waals surface area contributed by atoms with Crippen LogP contribution in [-0.4, -0.2) is 48.2 Å². The fraction of sp³-hybridized carbons (Fsp3) is 0.818. The molecule has 1 heterocycles. The van der Waals surface area contributed by atoms with Crippen LogP contribution < -0.4 is 0 Å². The zero-order chi connectivity index (χ0) is 12.0. The Morgan fingerprint density at radius 2 is 2.00 bits per heavy atom. The lowest BCUT2D eigenvalue weighted by Crippen LogP contribution is -2.40. The molecule has 0 bridgehead atoms. The second-order valence-electron chi connectivity index (χ2n) is 3.94. The van der Waals surface area contributed by atoms with E-state index in [1.807, 2.05) is 6.92 Å². The molecule has 1 fully saturated rings. The molecule has 1 rings (SSSR count).